The summed E-state index contributed by atoms with van der Waals surface area (Å²) in [6, 6.07) is 7.44. The molecule has 0 bridgehead atoms. The van der Waals surface area contributed by atoms with Crippen LogP contribution < -0.4 is 5.73 Å². The summed E-state index contributed by atoms with van der Waals surface area (Å²) >= 11 is 1.54. The molecular formula is C11H9NOS. The van der Waals surface area contributed by atoms with Gasteiger partial charge in [-0.15, -0.1) is 11.3 Å². The van der Waals surface area contributed by atoms with E-state index in [2.05, 4.69) is 0 Å². The van der Waals surface area contributed by atoms with Crippen molar-refractivity contribution in [1.82, 2.24) is 0 Å². The Bertz CT molecular complexity index is 462. The van der Waals surface area contributed by atoms with Crippen molar-refractivity contribution in [1.29, 1.82) is 0 Å². The minimum absolute atomic E-state index is 0.678. The van der Waals surface area contributed by atoms with Gasteiger partial charge in [0.1, 0.15) is 0 Å². The van der Waals surface area contributed by atoms with E-state index in [1.807, 2.05) is 29.0 Å². The molecule has 2 nitrogen and oxygen atoms in total. The van der Waals surface area contributed by atoms with E-state index in [0.29, 0.717) is 5.56 Å². The van der Waals surface area contributed by atoms with Gasteiger partial charge < -0.3 is 5.73 Å². The average molecular weight is 203 g/mol. The molecule has 2 rings (SSSR count). The van der Waals surface area contributed by atoms with Gasteiger partial charge in [0.05, 0.1) is 5.69 Å². The van der Waals surface area contributed by atoms with Crippen molar-refractivity contribution in [2.45, 2.75) is 0 Å². The molecule has 0 spiro atoms. The van der Waals surface area contributed by atoms with E-state index >= 15 is 0 Å². The number of benzene rings is 1. The number of hydrogen-bond acceptors (Lipinski definition) is 3. The van der Waals surface area contributed by atoms with Crippen molar-refractivity contribution in [3.63, 3.8) is 0 Å². The first-order chi connectivity index (χ1) is 6.83. The third-order valence-electron chi connectivity index (χ3n) is 2.07. The van der Waals surface area contributed by atoms with Gasteiger partial charge in [0.25, 0.3) is 0 Å². The Kier molecular flexibility index (Phi) is 2.33. The summed E-state index contributed by atoms with van der Waals surface area (Å²) in [5, 5.41) is 3.83. The summed E-state index contributed by atoms with van der Waals surface area (Å²) < 4.78 is 0. The van der Waals surface area contributed by atoms with Crippen molar-refractivity contribution in [3.05, 3.63) is 40.6 Å². The maximum atomic E-state index is 10.8. The number of rotatable bonds is 2. The number of hydrogen-bond donors (Lipinski definition) is 1. The summed E-state index contributed by atoms with van der Waals surface area (Å²) in [7, 11) is 0. The Morgan fingerprint density at radius 2 is 1.93 bits per heavy atom. The molecule has 0 aliphatic carbocycles. The van der Waals surface area contributed by atoms with Crippen LogP contribution in [0.15, 0.2) is 35.0 Å². The lowest BCUT2D eigenvalue weighted by Crippen LogP contribution is -1.89. The summed E-state index contributed by atoms with van der Waals surface area (Å²) in [4.78, 5) is 10.8. The fourth-order valence-corrected chi connectivity index (χ4v) is 2.11. The summed E-state index contributed by atoms with van der Waals surface area (Å²) in [5.74, 6) is 0. The van der Waals surface area contributed by atoms with Gasteiger partial charge in [-0.05, 0) is 5.56 Å². The SMILES string of the molecule is Nc1cscc1-c1ccccc1C=O. The molecule has 2 N–H and O–H groups in total. The number of carbonyl (C=O) groups excluding carboxylic acids is 1. The molecule has 0 aliphatic rings. The third-order valence-corrected chi connectivity index (χ3v) is 2.83. The van der Waals surface area contributed by atoms with Crippen LogP contribution in [0.1, 0.15) is 10.4 Å². The normalized spacial score (nSPS) is 10.0. The zero-order valence-electron chi connectivity index (χ0n) is 7.44. The second kappa shape index (κ2) is 3.64. The lowest BCUT2D eigenvalue weighted by atomic mass is 10.0. The molecule has 1 aromatic heterocycles. The highest BCUT2D eigenvalue weighted by Gasteiger charge is 2.07. The first-order valence-electron chi connectivity index (χ1n) is 4.19. The molecule has 2 aromatic rings. The van der Waals surface area contributed by atoms with E-state index in [-0.39, 0.29) is 0 Å². The number of thiophene rings is 1. The van der Waals surface area contributed by atoms with Gasteiger partial charge in [-0.1, -0.05) is 24.3 Å². The van der Waals surface area contributed by atoms with Crippen molar-refractivity contribution >= 4 is 23.3 Å². The summed E-state index contributed by atoms with van der Waals surface area (Å²) in [6.07, 6.45) is 0.854. The van der Waals surface area contributed by atoms with Gasteiger partial charge in [-0.25, -0.2) is 0 Å². The van der Waals surface area contributed by atoms with E-state index in [9.17, 15) is 4.79 Å². The molecular weight excluding hydrogens is 194 g/mol. The van der Waals surface area contributed by atoms with Crippen LogP contribution in [-0.4, -0.2) is 6.29 Å². The van der Waals surface area contributed by atoms with Crippen LogP contribution in [0.2, 0.25) is 0 Å². The minimum atomic E-state index is 0.678. The first kappa shape index (κ1) is 8.97. The zero-order valence-corrected chi connectivity index (χ0v) is 8.25. The van der Waals surface area contributed by atoms with Gasteiger partial charge >= 0.3 is 0 Å². The molecule has 0 fully saturated rings. The fourth-order valence-electron chi connectivity index (χ4n) is 1.37. The molecule has 0 saturated carbocycles. The number of nitrogens with two attached hydrogens (primary N) is 1. The van der Waals surface area contributed by atoms with Gasteiger partial charge in [-0.3, -0.25) is 4.79 Å². The largest absolute Gasteiger partial charge is 0.398 e. The highest BCUT2D eigenvalue weighted by atomic mass is 32.1. The smallest absolute Gasteiger partial charge is 0.150 e. The second-order valence-electron chi connectivity index (χ2n) is 2.95. The van der Waals surface area contributed by atoms with Crippen LogP contribution in [0.3, 0.4) is 0 Å². The van der Waals surface area contributed by atoms with Crippen LogP contribution in [-0.2, 0) is 0 Å². The molecule has 70 valence electrons. The molecule has 0 radical (unpaired) electrons. The van der Waals surface area contributed by atoms with E-state index in [4.69, 9.17) is 5.73 Å². The lowest BCUT2D eigenvalue weighted by molar-refractivity contribution is 0.112. The monoisotopic (exact) mass is 203 g/mol. The van der Waals surface area contributed by atoms with Crippen LogP contribution in [0.4, 0.5) is 5.69 Å². The molecule has 0 amide bonds. The standard InChI is InChI=1S/C11H9NOS/c12-11-7-14-6-10(11)9-4-2-1-3-8(9)5-13/h1-7H,12H2. The van der Waals surface area contributed by atoms with Gasteiger partial charge in [-0.2, -0.15) is 0 Å². The Labute approximate surface area is 86.0 Å². The number of aldehydes is 1. The van der Waals surface area contributed by atoms with Gasteiger partial charge in [0, 0.05) is 21.9 Å². The van der Waals surface area contributed by atoms with E-state index in [1.54, 1.807) is 6.07 Å². The second-order valence-corrected chi connectivity index (χ2v) is 3.69. The Hall–Kier alpha value is -1.61. The Morgan fingerprint density at radius 3 is 2.57 bits per heavy atom. The maximum Gasteiger partial charge on any atom is 0.150 e. The molecule has 0 saturated heterocycles. The number of carbonyl (C=O) groups is 1. The van der Waals surface area contributed by atoms with E-state index in [0.717, 1.165) is 23.1 Å². The molecule has 1 heterocycles. The fraction of sp³-hybridized carbons (Fsp3) is 0. The molecule has 3 heteroatoms. The lowest BCUT2D eigenvalue weighted by Gasteiger charge is -2.02. The average Bonchev–Trinajstić information content (AvgIpc) is 2.64. The first-order valence-corrected chi connectivity index (χ1v) is 5.13. The molecule has 0 unspecified atom stereocenters. The molecule has 0 aliphatic heterocycles. The third kappa shape index (κ3) is 1.42. The summed E-state index contributed by atoms with van der Waals surface area (Å²) in [6.45, 7) is 0. The van der Waals surface area contributed by atoms with Gasteiger partial charge in [0.2, 0.25) is 0 Å². The molecule has 1 aromatic carbocycles. The number of anilines is 1. The van der Waals surface area contributed by atoms with Crippen molar-refractivity contribution < 1.29 is 4.79 Å². The van der Waals surface area contributed by atoms with Crippen LogP contribution >= 0.6 is 11.3 Å². The van der Waals surface area contributed by atoms with Crippen molar-refractivity contribution in [2.75, 3.05) is 5.73 Å². The molecule has 14 heavy (non-hydrogen) atoms. The van der Waals surface area contributed by atoms with E-state index in [1.165, 1.54) is 11.3 Å². The highest BCUT2D eigenvalue weighted by molar-refractivity contribution is 7.08. The topological polar surface area (TPSA) is 43.1 Å². The quantitative estimate of drug-likeness (QED) is 0.763. The van der Waals surface area contributed by atoms with Crippen LogP contribution in [0, 0.1) is 0 Å². The van der Waals surface area contributed by atoms with Gasteiger partial charge in [0.15, 0.2) is 6.29 Å². The van der Waals surface area contributed by atoms with Crippen molar-refractivity contribution in [3.8, 4) is 11.1 Å². The number of nitrogen functional groups attached to an aromatic ring is 1. The summed E-state index contributed by atoms with van der Waals surface area (Å²) in [5.41, 5.74) is 9.04. The molecule has 0 atom stereocenters. The van der Waals surface area contributed by atoms with Crippen LogP contribution in [0.5, 0.6) is 0 Å². The minimum Gasteiger partial charge on any atom is -0.398 e. The highest BCUT2D eigenvalue weighted by Crippen LogP contribution is 2.30. The predicted molar refractivity (Wildman–Crippen MR) is 59.6 cm³/mol. The maximum absolute atomic E-state index is 10.8. The van der Waals surface area contributed by atoms with Crippen molar-refractivity contribution in [2.24, 2.45) is 0 Å². The predicted octanol–water partition coefficient (Wildman–Crippen LogP) is 2.81. The van der Waals surface area contributed by atoms with Crippen LogP contribution in [0.25, 0.3) is 11.1 Å². The Morgan fingerprint density at radius 1 is 1.14 bits per heavy atom. The zero-order chi connectivity index (χ0) is 9.97. The van der Waals surface area contributed by atoms with E-state index < -0.39 is 0 Å². The Balaban J connectivity index is 2.62.